The van der Waals surface area contributed by atoms with Crippen molar-refractivity contribution in [2.75, 3.05) is 0 Å². The van der Waals surface area contributed by atoms with Crippen molar-refractivity contribution in [1.82, 2.24) is 14.9 Å². The molecular formula is C31H28Cl5N3O4. The molecule has 2 N–H and O–H groups in total. The number of hydrogen-bond acceptors (Lipinski definition) is 5. The molecule has 2 heterocycles. The molecule has 5 rings (SSSR count). The first kappa shape index (κ1) is 32.1. The van der Waals surface area contributed by atoms with Gasteiger partial charge in [-0.1, -0.05) is 126 Å². The normalized spacial score (nSPS) is 20.6. The summed E-state index contributed by atoms with van der Waals surface area (Å²) in [6.07, 6.45) is 0.313. The number of nitrogens with zero attached hydrogens (tertiary/aromatic N) is 2. The number of amides is 1. The molecule has 4 unspecified atom stereocenters. The molecule has 12 heteroatoms. The van der Waals surface area contributed by atoms with E-state index < -0.39 is 16.0 Å². The van der Waals surface area contributed by atoms with Gasteiger partial charge in [0.1, 0.15) is 5.15 Å². The van der Waals surface area contributed by atoms with Gasteiger partial charge < -0.3 is 24.5 Å². The highest BCUT2D eigenvalue weighted by Crippen LogP contribution is 2.43. The Labute approximate surface area is 274 Å². The number of aliphatic hydroxyl groups is 1. The molecule has 1 aliphatic rings. The highest BCUT2D eigenvalue weighted by Gasteiger charge is 2.39. The Bertz CT molecular complexity index is 1570. The number of alkyl halides is 3. The van der Waals surface area contributed by atoms with Gasteiger partial charge in [0.15, 0.2) is 11.4 Å². The lowest BCUT2D eigenvalue weighted by atomic mass is 9.90. The van der Waals surface area contributed by atoms with Gasteiger partial charge in [-0.25, -0.2) is 4.98 Å². The second-order valence-corrected chi connectivity index (χ2v) is 13.3. The maximum atomic E-state index is 12.0. The van der Waals surface area contributed by atoms with Gasteiger partial charge in [-0.3, -0.25) is 4.79 Å². The lowest BCUT2D eigenvalue weighted by molar-refractivity contribution is -0.276. The Morgan fingerprint density at radius 2 is 1.65 bits per heavy atom. The number of carbonyl (C=O) groups excluding carboxylic acids is 1. The Morgan fingerprint density at radius 1 is 0.953 bits per heavy atom. The predicted octanol–water partition coefficient (Wildman–Crippen LogP) is 7.83. The van der Waals surface area contributed by atoms with E-state index in [0.717, 1.165) is 33.4 Å². The Morgan fingerprint density at radius 3 is 2.30 bits per heavy atom. The highest BCUT2D eigenvalue weighted by atomic mass is 35.6. The van der Waals surface area contributed by atoms with Crippen molar-refractivity contribution in [3.63, 3.8) is 0 Å². The number of nitrogens with one attached hydrogen (secondary N) is 1. The number of carbonyl (C=O) groups is 1. The number of halogens is 5. The standard InChI is InChI=1S/C31H28Cl5N3O4/c1-18-25(15-39-17-38-27(32)28(39)33)42-29(43-26(18)21-10-8-19(16-40)9-11-21)24-7-3-6-23(13-24)22-5-2-4-20(12-22)14-37-30(41)31(34,35)36/h2-13,17-18,25-26,29,40H,14-16H2,1H3,(H,37,41). The molecule has 0 saturated carbocycles. The number of aliphatic hydroxyl groups excluding tert-OH is 1. The van der Waals surface area contributed by atoms with Crippen LogP contribution in [-0.4, -0.2) is 30.5 Å². The maximum absolute atomic E-state index is 12.0. The third kappa shape index (κ3) is 7.67. The number of rotatable bonds is 8. The van der Waals surface area contributed by atoms with E-state index in [-0.39, 0.29) is 36.4 Å². The molecule has 3 aromatic carbocycles. The summed E-state index contributed by atoms with van der Waals surface area (Å²) in [5.74, 6) is -0.753. The molecule has 226 valence electrons. The van der Waals surface area contributed by atoms with E-state index in [9.17, 15) is 9.90 Å². The van der Waals surface area contributed by atoms with Crippen LogP contribution in [0.3, 0.4) is 0 Å². The largest absolute Gasteiger partial charge is 0.392 e. The molecule has 1 amide bonds. The van der Waals surface area contributed by atoms with Crippen LogP contribution in [0.25, 0.3) is 11.1 Å². The average Bonchev–Trinajstić information content (AvgIpc) is 3.32. The summed E-state index contributed by atoms with van der Waals surface area (Å²) in [6, 6.07) is 23.3. The lowest BCUT2D eigenvalue weighted by Gasteiger charge is -2.41. The van der Waals surface area contributed by atoms with E-state index in [1.807, 2.05) is 72.8 Å². The first-order valence-corrected chi connectivity index (χ1v) is 15.3. The third-order valence-corrected chi connectivity index (χ3v) is 8.65. The second kappa shape index (κ2) is 13.8. The molecule has 0 spiro atoms. The Balaban J connectivity index is 1.42. The zero-order valence-electron chi connectivity index (χ0n) is 22.9. The number of hydrogen-bond donors (Lipinski definition) is 2. The van der Waals surface area contributed by atoms with Crippen molar-refractivity contribution < 1.29 is 19.4 Å². The van der Waals surface area contributed by atoms with Crippen molar-refractivity contribution in [3.05, 3.63) is 112 Å². The van der Waals surface area contributed by atoms with Crippen molar-refractivity contribution in [2.45, 2.75) is 48.9 Å². The van der Waals surface area contributed by atoms with Gasteiger partial charge >= 0.3 is 0 Å². The van der Waals surface area contributed by atoms with Crippen LogP contribution in [0.1, 0.15) is 41.6 Å². The minimum absolute atomic E-state index is 0.0388. The van der Waals surface area contributed by atoms with Crippen LogP contribution in [-0.2, 0) is 34.0 Å². The molecule has 0 aliphatic carbocycles. The van der Waals surface area contributed by atoms with Gasteiger partial charge in [0.05, 0.1) is 31.7 Å². The first-order valence-electron chi connectivity index (χ1n) is 13.4. The number of aromatic nitrogens is 2. The summed E-state index contributed by atoms with van der Waals surface area (Å²) in [5.41, 5.74) is 5.32. The topological polar surface area (TPSA) is 85.6 Å². The number of ether oxygens (including phenoxy) is 2. The van der Waals surface area contributed by atoms with E-state index in [2.05, 4.69) is 17.2 Å². The molecule has 4 atom stereocenters. The molecule has 43 heavy (non-hydrogen) atoms. The minimum atomic E-state index is -2.03. The van der Waals surface area contributed by atoms with E-state index in [1.165, 1.54) is 0 Å². The fraction of sp³-hybridized carbons (Fsp3) is 0.290. The zero-order valence-corrected chi connectivity index (χ0v) is 26.7. The van der Waals surface area contributed by atoms with E-state index in [1.54, 1.807) is 10.9 Å². The minimum Gasteiger partial charge on any atom is -0.392 e. The van der Waals surface area contributed by atoms with Crippen molar-refractivity contribution in [2.24, 2.45) is 5.92 Å². The number of benzene rings is 3. The van der Waals surface area contributed by atoms with E-state index >= 15 is 0 Å². The van der Waals surface area contributed by atoms with Crippen LogP contribution >= 0.6 is 58.0 Å². The van der Waals surface area contributed by atoms with E-state index in [4.69, 9.17) is 67.5 Å². The summed E-state index contributed by atoms with van der Waals surface area (Å²) < 4.78 is 12.9. The lowest BCUT2D eigenvalue weighted by Crippen LogP contribution is -2.39. The fourth-order valence-electron chi connectivity index (χ4n) is 5.00. The van der Waals surface area contributed by atoms with Crippen LogP contribution in [0.5, 0.6) is 0 Å². The molecule has 1 saturated heterocycles. The molecule has 7 nitrogen and oxygen atoms in total. The smallest absolute Gasteiger partial charge is 0.272 e. The van der Waals surface area contributed by atoms with Gasteiger partial charge in [-0.05, 0) is 39.9 Å². The summed E-state index contributed by atoms with van der Waals surface area (Å²) in [4.78, 5) is 16.1. The molecule has 0 bridgehead atoms. The fourth-order valence-corrected chi connectivity index (χ4v) is 5.51. The van der Waals surface area contributed by atoms with Gasteiger partial charge in [-0.15, -0.1) is 0 Å². The SMILES string of the molecule is CC1C(Cn2cnc(Cl)c2Cl)OC(c2cccc(-c3cccc(CNC(=O)C(Cl)(Cl)Cl)c3)c2)OC1c1ccc(CO)cc1. The maximum Gasteiger partial charge on any atom is 0.272 e. The molecule has 4 aromatic rings. The molecule has 1 aromatic heterocycles. The van der Waals surface area contributed by atoms with Crippen LogP contribution in [0.4, 0.5) is 0 Å². The Kier molecular flexibility index (Phi) is 10.3. The predicted molar refractivity (Wildman–Crippen MR) is 169 cm³/mol. The van der Waals surface area contributed by atoms with E-state index in [0.29, 0.717) is 11.7 Å². The molecular weight excluding hydrogens is 656 g/mol. The Hall–Kier alpha value is -2.33. The van der Waals surface area contributed by atoms with Crippen molar-refractivity contribution >= 4 is 63.9 Å². The molecule has 1 fully saturated rings. The average molecular weight is 684 g/mol. The molecule has 1 aliphatic heterocycles. The summed E-state index contributed by atoms with van der Waals surface area (Å²) in [7, 11) is 0. The first-order chi connectivity index (χ1) is 20.5. The summed E-state index contributed by atoms with van der Waals surface area (Å²) in [5, 5.41) is 12.7. The van der Waals surface area contributed by atoms with Crippen LogP contribution in [0.2, 0.25) is 10.3 Å². The van der Waals surface area contributed by atoms with Crippen LogP contribution in [0.15, 0.2) is 79.1 Å². The third-order valence-electron chi connectivity index (χ3n) is 7.36. The summed E-state index contributed by atoms with van der Waals surface area (Å²) in [6.45, 7) is 2.66. The van der Waals surface area contributed by atoms with Crippen LogP contribution in [0, 0.1) is 5.92 Å². The van der Waals surface area contributed by atoms with Crippen LogP contribution < -0.4 is 5.32 Å². The van der Waals surface area contributed by atoms with Gasteiger partial charge in [0.2, 0.25) is 0 Å². The highest BCUT2D eigenvalue weighted by molar-refractivity contribution is 6.76. The number of imidazole rings is 1. The quantitative estimate of drug-likeness (QED) is 0.185. The van der Waals surface area contributed by atoms with Crippen molar-refractivity contribution in [1.29, 1.82) is 0 Å². The van der Waals surface area contributed by atoms with Crippen molar-refractivity contribution in [3.8, 4) is 11.1 Å². The van der Waals surface area contributed by atoms with Gasteiger partial charge in [0.25, 0.3) is 9.70 Å². The summed E-state index contributed by atoms with van der Waals surface area (Å²) >= 11 is 29.5. The second-order valence-electron chi connectivity index (χ2n) is 10.3. The molecule has 0 radical (unpaired) electrons. The zero-order chi connectivity index (χ0) is 30.7. The van der Waals surface area contributed by atoms with Gasteiger partial charge in [0, 0.05) is 18.0 Å². The van der Waals surface area contributed by atoms with Gasteiger partial charge in [-0.2, -0.15) is 0 Å². The monoisotopic (exact) mass is 681 g/mol.